The summed E-state index contributed by atoms with van der Waals surface area (Å²) in [5.41, 5.74) is 0.791. The fraction of sp³-hybridized carbons (Fsp3) is 0.263. The number of hydrogen-bond acceptors (Lipinski definition) is 5. The molecule has 2 aromatic carbocycles. The molecule has 0 bridgehead atoms. The first-order valence-electron chi connectivity index (χ1n) is 8.07. The number of carbonyl (C=O) groups is 2. The van der Waals surface area contributed by atoms with Gasteiger partial charge >= 0.3 is 5.97 Å². The minimum absolute atomic E-state index is 0.170. The van der Waals surface area contributed by atoms with E-state index in [4.69, 9.17) is 25.8 Å². The molecule has 0 aliphatic heterocycles. The molecule has 0 spiro atoms. The topological polar surface area (TPSA) is 73.9 Å². The van der Waals surface area contributed by atoms with Crippen LogP contribution in [0.4, 0.5) is 5.69 Å². The van der Waals surface area contributed by atoms with E-state index >= 15 is 0 Å². The van der Waals surface area contributed by atoms with Crippen LogP contribution >= 0.6 is 11.6 Å². The molecule has 0 atom stereocenters. The number of methoxy groups -OCH3 is 1. The Hall–Kier alpha value is -2.73. The molecule has 6 nitrogen and oxygen atoms in total. The van der Waals surface area contributed by atoms with Gasteiger partial charge in [-0.05, 0) is 30.7 Å². The fourth-order valence-electron chi connectivity index (χ4n) is 2.11. The lowest BCUT2D eigenvalue weighted by atomic mass is 10.2. The molecule has 2 aromatic rings. The van der Waals surface area contributed by atoms with Crippen molar-refractivity contribution >= 4 is 29.2 Å². The van der Waals surface area contributed by atoms with E-state index in [0.29, 0.717) is 23.8 Å². The van der Waals surface area contributed by atoms with Crippen LogP contribution in [0.1, 0.15) is 23.7 Å². The van der Waals surface area contributed by atoms with E-state index in [1.165, 1.54) is 19.2 Å². The SMILES string of the molecule is CCCOc1c(Cl)cc(C(=O)OCC(=O)Nc2ccccc2)cc1OC. The summed E-state index contributed by atoms with van der Waals surface area (Å²) in [5, 5.41) is 2.86. The van der Waals surface area contributed by atoms with Crippen molar-refractivity contribution < 1.29 is 23.8 Å². The van der Waals surface area contributed by atoms with Crippen molar-refractivity contribution in [1.29, 1.82) is 0 Å². The summed E-state index contributed by atoms with van der Waals surface area (Å²) in [6.45, 7) is 2.02. The van der Waals surface area contributed by atoms with Crippen LogP contribution in [-0.4, -0.2) is 32.2 Å². The summed E-state index contributed by atoms with van der Waals surface area (Å²) in [7, 11) is 1.45. The number of ether oxygens (including phenoxy) is 3. The number of carbonyl (C=O) groups excluding carboxylic acids is 2. The molecule has 0 aliphatic carbocycles. The van der Waals surface area contributed by atoms with Gasteiger partial charge in [0.25, 0.3) is 5.91 Å². The molecule has 0 saturated carbocycles. The minimum Gasteiger partial charge on any atom is -0.493 e. The van der Waals surface area contributed by atoms with Gasteiger partial charge < -0.3 is 19.5 Å². The summed E-state index contributed by atoms with van der Waals surface area (Å²) >= 11 is 6.17. The van der Waals surface area contributed by atoms with Crippen molar-refractivity contribution in [2.45, 2.75) is 13.3 Å². The Morgan fingerprint density at radius 2 is 1.88 bits per heavy atom. The molecule has 26 heavy (non-hydrogen) atoms. The summed E-state index contributed by atoms with van der Waals surface area (Å²) in [6, 6.07) is 11.8. The monoisotopic (exact) mass is 377 g/mol. The Balaban J connectivity index is 2.00. The van der Waals surface area contributed by atoms with E-state index in [1.54, 1.807) is 24.3 Å². The molecule has 0 saturated heterocycles. The third kappa shape index (κ3) is 5.39. The van der Waals surface area contributed by atoms with Crippen LogP contribution in [0.15, 0.2) is 42.5 Å². The normalized spacial score (nSPS) is 10.1. The number of anilines is 1. The predicted octanol–water partition coefficient (Wildman–Crippen LogP) is 3.93. The maximum atomic E-state index is 12.2. The molecule has 0 radical (unpaired) electrons. The zero-order valence-electron chi connectivity index (χ0n) is 14.6. The number of hydrogen-bond donors (Lipinski definition) is 1. The van der Waals surface area contributed by atoms with Crippen molar-refractivity contribution in [3.8, 4) is 11.5 Å². The van der Waals surface area contributed by atoms with Gasteiger partial charge in [0, 0.05) is 5.69 Å². The summed E-state index contributed by atoms with van der Waals surface area (Å²) in [6.07, 6.45) is 0.805. The molecular formula is C19H20ClNO5. The Labute approximate surface area is 157 Å². The molecule has 0 aromatic heterocycles. The standard InChI is InChI=1S/C19H20ClNO5/c1-3-9-25-18-15(20)10-13(11-16(18)24-2)19(23)26-12-17(22)21-14-7-5-4-6-8-14/h4-8,10-11H,3,9,12H2,1-2H3,(H,21,22). The van der Waals surface area contributed by atoms with Gasteiger partial charge in [0.1, 0.15) is 0 Å². The molecule has 7 heteroatoms. The number of halogens is 1. The quantitative estimate of drug-likeness (QED) is 0.705. The first kappa shape index (κ1) is 19.6. The molecule has 138 valence electrons. The number of amides is 1. The van der Waals surface area contributed by atoms with Crippen LogP contribution in [0.5, 0.6) is 11.5 Å². The van der Waals surface area contributed by atoms with E-state index in [1.807, 2.05) is 13.0 Å². The second-order valence-corrected chi connectivity index (χ2v) is 5.74. The lowest BCUT2D eigenvalue weighted by molar-refractivity contribution is -0.119. The third-order valence-corrected chi connectivity index (χ3v) is 3.59. The first-order chi connectivity index (χ1) is 12.5. The highest BCUT2D eigenvalue weighted by Gasteiger charge is 2.17. The maximum absolute atomic E-state index is 12.2. The summed E-state index contributed by atoms with van der Waals surface area (Å²) in [4.78, 5) is 24.0. The van der Waals surface area contributed by atoms with Gasteiger partial charge in [0.05, 0.1) is 24.3 Å². The molecule has 1 amide bonds. The second kappa shape index (κ2) is 9.68. The average molecular weight is 378 g/mol. The number of benzene rings is 2. The molecule has 1 N–H and O–H groups in total. The molecule has 0 fully saturated rings. The smallest absolute Gasteiger partial charge is 0.338 e. The van der Waals surface area contributed by atoms with Crippen molar-refractivity contribution in [2.24, 2.45) is 0 Å². The van der Waals surface area contributed by atoms with Crippen molar-refractivity contribution in [3.63, 3.8) is 0 Å². The number of esters is 1. The largest absolute Gasteiger partial charge is 0.493 e. The Bertz CT molecular complexity index is 764. The van der Waals surface area contributed by atoms with Gasteiger partial charge in [-0.3, -0.25) is 4.79 Å². The van der Waals surface area contributed by atoms with Crippen LogP contribution in [0, 0.1) is 0 Å². The maximum Gasteiger partial charge on any atom is 0.338 e. The van der Waals surface area contributed by atoms with Crippen LogP contribution in [0.25, 0.3) is 0 Å². The third-order valence-electron chi connectivity index (χ3n) is 3.31. The van der Waals surface area contributed by atoms with Gasteiger partial charge in [0.15, 0.2) is 18.1 Å². The highest BCUT2D eigenvalue weighted by atomic mass is 35.5. The van der Waals surface area contributed by atoms with E-state index < -0.39 is 18.5 Å². The number of para-hydroxylation sites is 1. The van der Waals surface area contributed by atoms with E-state index in [9.17, 15) is 9.59 Å². The van der Waals surface area contributed by atoms with E-state index in [-0.39, 0.29) is 10.6 Å². The predicted molar refractivity (Wildman–Crippen MR) is 99.1 cm³/mol. The minimum atomic E-state index is -0.685. The number of nitrogens with one attached hydrogen (secondary N) is 1. The lowest BCUT2D eigenvalue weighted by Crippen LogP contribution is -2.21. The number of rotatable bonds is 8. The second-order valence-electron chi connectivity index (χ2n) is 5.33. The zero-order chi connectivity index (χ0) is 18.9. The highest BCUT2D eigenvalue weighted by molar-refractivity contribution is 6.32. The van der Waals surface area contributed by atoms with Crippen molar-refractivity contribution in [3.05, 3.63) is 53.1 Å². The average Bonchev–Trinajstić information content (AvgIpc) is 2.65. The summed E-state index contributed by atoms with van der Waals surface area (Å²) < 4.78 is 15.8. The Morgan fingerprint density at radius 3 is 2.54 bits per heavy atom. The van der Waals surface area contributed by atoms with Gasteiger partial charge in [-0.25, -0.2) is 4.79 Å². The van der Waals surface area contributed by atoms with E-state index in [2.05, 4.69) is 5.32 Å². The molecular weight excluding hydrogens is 358 g/mol. The van der Waals surface area contributed by atoms with Crippen LogP contribution in [-0.2, 0) is 9.53 Å². The highest BCUT2D eigenvalue weighted by Crippen LogP contribution is 2.36. The van der Waals surface area contributed by atoms with Gasteiger partial charge in [-0.1, -0.05) is 36.7 Å². The molecule has 2 rings (SSSR count). The fourth-order valence-corrected chi connectivity index (χ4v) is 2.38. The van der Waals surface area contributed by atoms with Crippen LogP contribution in [0.2, 0.25) is 5.02 Å². The van der Waals surface area contributed by atoms with Crippen molar-refractivity contribution in [2.75, 3.05) is 25.6 Å². The lowest BCUT2D eigenvalue weighted by Gasteiger charge is -2.13. The van der Waals surface area contributed by atoms with Crippen molar-refractivity contribution in [1.82, 2.24) is 0 Å². The van der Waals surface area contributed by atoms with Crippen LogP contribution in [0.3, 0.4) is 0 Å². The zero-order valence-corrected chi connectivity index (χ0v) is 15.3. The van der Waals surface area contributed by atoms with E-state index in [0.717, 1.165) is 6.42 Å². The Kier molecular flexibility index (Phi) is 7.29. The van der Waals surface area contributed by atoms with Crippen LogP contribution < -0.4 is 14.8 Å². The molecule has 0 aliphatic rings. The van der Waals surface area contributed by atoms with Gasteiger partial charge in [0.2, 0.25) is 0 Å². The Morgan fingerprint density at radius 1 is 1.15 bits per heavy atom. The van der Waals surface area contributed by atoms with Gasteiger partial charge in [-0.15, -0.1) is 0 Å². The molecule has 0 unspecified atom stereocenters. The van der Waals surface area contributed by atoms with Gasteiger partial charge in [-0.2, -0.15) is 0 Å². The molecule has 0 heterocycles. The first-order valence-corrected chi connectivity index (χ1v) is 8.45. The summed E-state index contributed by atoms with van der Waals surface area (Å²) in [5.74, 6) is -0.429.